The summed E-state index contributed by atoms with van der Waals surface area (Å²) in [4.78, 5) is 12.0. The maximum Gasteiger partial charge on any atom is 0.235 e. The Morgan fingerprint density at radius 3 is 2.83 bits per heavy atom. The van der Waals surface area contributed by atoms with Gasteiger partial charge in [-0.05, 0) is 36.8 Å². The summed E-state index contributed by atoms with van der Waals surface area (Å²) in [7, 11) is -3.32. The van der Waals surface area contributed by atoms with Crippen LogP contribution >= 0.6 is 11.6 Å². The summed E-state index contributed by atoms with van der Waals surface area (Å²) < 4.78 is 30.6. The van der Waals surface area contributed by atoms with Crippen LogP contribution in [0.3, 0.4) is 0 Å². The Hall–Kier alpha value is -1.99. The number of carbonyl (C=O) groups excluding carboxylic acids is 1. The highest BCUT2D eigenvalue weighted by molar-refractivity contribution is 7.93. The van der Waals surface area contributed by atoms with Crippen molar-refractivity contribution in [2.24, 2.45) is 0 Å². The van der Waals surface area contributed by atoms with Crippen molar-refractivity contribution in [2.45, 2.75) is 19.3 Å². The van der Waals surface area contributed by atoms with Gasteiger partial charge in [-0.2, -0.15) is 0 Å². The van der Waals surface area contributed by atoms with Crippen molar-refractivity contribution in [3.8, 4) is 0 Å². The number of anilines is 2. The lowest BCUT2D eigenvalue weighted by Crippen LogP contribution is -2.25. The number of halogens is 1. The summed E-state index contributed by atoms with van der Waals surface area (Å²) in [6.45, 7) is 0.401. The monoisotopic (exact) mass is 368 g/mol. The summed E-state index contributed by atoms with van der Waals surface area (Å²) in [6.07, 6.45) is 2.90. The first-order chi connectivity index (χ1) is 11.5. The van der Waals surface area contributed by atoms with E-state index in [9.17, 15) is 13.2 Å². The lowest BCUT2D eigenvalue weighted by atomic mass is 10.2. The van der Waals surface area contributed by atoms with E-state index in [0.717, 1.165) is 5.76 Å². The third-order valence-electron chi connectivity index (χ3n) is 3.78. The number of nitrogens with one attached hydrogen (secondary N) is 1. The Morgan fingerprint density at radius 2 is 2.17 bits per heavy atom. The molecule has 0 unspecified atom stereocenters. The average Bonchev–Trinajstić information content (AvgIpc) is 3.16. The number of aryl methyl sites for hydroxylation is 1. The molecule has 24 heavy (non-hydrogen) atoms. The van der Waals surface area contributed by atoms with Crippen molar-refractivity contribution in [1.29, 1.82) is 0 Å². The average molecular weight is 369 g/mol. The zero-order valence-corrected chi connectivity index (χ0v) is 14.4. The Morgan fingerprint density at radius 1 is 1.33 bits per heavy atom. The van der Waals surface area contributed by atoms with Crippen LogP contribution in [0.5, 0.6) is 0 Å². The molecule has 3 rings (SSSR count). The molecule has 0 aliphatic carbocycles. The maximum atomic E-state index is 12.1. The number of sulfonamides is 1. The molecule has 1 aromatic heterocycles. The van der Waals surface area contributed by atoms with E-state index in [4.69, 9.17) is 16.0 Å². The Labute approximate surface area is 145 Å². The van der Waals surface area contributed by atoms with E-state index in [-0.39, 0.29) is 18.1 Å². The predicted molar refractivity (Wildman–Crippen MR) is 92.9 cm³/mol. The summed E-state index contributed by atoms with van der Waals surface area (Å²) in [5.41, 5.74) is 0.916. The van der Waals surface area contributed by atoms with Gasteiger partial charge < -0.3 is 9.73 Å². The van der Waals surface area contributed by atoms with Crippen molar-refractivity contribution in [3.05, 3.63) is 47.4 Å². The van der Waals surface area contributed by atoms with Gasteiger partial charge in [0.05, 0.1) is 22.7 Å². The Balaban J connectivity index is 1.70. The molecule has 1 aliphatic heterocycles. The second kappa shape index (κ2) is 6.86. The highest BCUT2D eigenvalue weighted by Gasteiger charge is 2.30. The molecule has 0 bridgehead atoms. The van der Waals surface area contributed by atoms with Crippen LogP contribution < -0.4 is 9.62 Å². The topological polar surface area (TPSA) is 79.6 Å². The van der Waals surface area contributed by atoms with Gasteiger partial charge in [0.25, 0.3) is 0 Å². The standard InChI is InChI=1S/C16H17ClN2O4S/c17-14-6-4-12(11-15(14)19-8-2-10-24(19,21)22)18-16(20)7-5-13-3-1-9-23-13/h1,3-4,6,9,11H,2,5,7-8,10H2,(H,18,20). The summed E-state index contributed by atoms with van der Waals surface area (Å²) >= 11 is 6.14. The number of hydrogen-bond acceptors (Lipinski definition) is 4. The van der Waals surface area contributed by atoms with Crippen LogP contribution in [0.4, 0.5) is 11.4 Å². The number of amides is 1. The molecule has 1 amide bonds. The van der Waals surface area contributed by atoms with E-state index >= 15 is 0 Å². The molecule has 1 N–H and O–H groups in total. The first-order valence-electron chi connectivity index (χ1n) is 7.58. The highest BCUT2D eigenvalue weighted by atomic mass is 35.5. The zero-order chi connectivity index (χ0) is 17.2. The third-order valence-corrected chi connectivity index (χ3v) is 5.95. The number of hydrogen-bond donors (Lipinski definition) is 1. The molecule has 2 heterocycles. The lowest BCUT2D eigenvalue weighted by Gasteiger charge is -2.19. The van der Waals surface area contributed by atoms with Crippen LogP contribution in [-0.2, 0) is 21.2 Å². The van der Waals surface area contributed by atoms with E-state index in [1.165, 1.54) is 4.31 Å². The maximum absolute atomic E-state index is 12.1. The molecular formula is C16H17ClN2O4S. The summed E-state index contributed by atoms with van der Waals surface area (Å²) in [5, 5.41) is 3.10. The van der Waals surface area contributed by atoms with E-state index in [1.807, 2.05) is 6.07 Å². The second-order valence-corrected chi connectivity index (χ2v) is 7.96. The molecule has 2 aromatic rings. The highest BCUT2D eigenvalue weighted by Crippen LogP contribution is 2.33. The molecule has 1 saturated heterocycles. The van der Waals surface area contributed by atoms with Gasteiger partial charge in [-0.3, -0.25) is 9.10 Å². The molecule has 0 spiro atoms. The minimum Gasteiger partial charge on any atom is -0.469 e. The van der Waals surface area contributed by atoms with Crippen molar-refractivity contribution >= 4 is 38.9 Å². The molecule has 6 nitrogen and oxygen atoms in total. The number of rotatable bonds is 5. The first kappa shape index (κ1) is 16.9. The normalized spacial score (nSPS) is 16.3. The van der Waals surface area contributed by atoms with Crippen molar-refractivity contribution in [1.82, 2.24) is 0 Å². The van der Waals surface area contributed by atoms with Crippen LogP contribution in [0.15, 0.2) is 41.0 Å². The van der Waals surface area contributed by atoms with Crippen molar-refractivity contribution in [3.63, 3.8) is 0 Å². The molecule has 8 heteroatoms. The fraction of sp³-hybridized carbons (Fsp3) is 0.312. The van der Waals surface area contributed by atoms with Gasteiger partial charge in [0.1, 0.15) is 5.76 Å². The van der Waals surface area contributed by atoms with Gasteiger partial charge in [0.15, 0.2) is 0 Å². The number of benzene rings is 1. The molecule has 1 aliphatic rings. The number of carbonyl (C=O) groups is 1. The minimum atomic E-state index is -3.32. The molecule has 1 fully saturated rings. The van der Waals surface area contributed by atoms with Crippen LogP contribution in [0.25, 0.3) is 0 Å². The van der Waals surface area contributed by atoms with Gasteiger partial charge in [-0.1, -0.05) is 11.6 Å². The van der Waals surface area contributed by atoms with E-state index in [1.54, 1.807) is 30.5 Å². The SMILES string of the molecule is O=C(CCc1ccco1)Nc1ccc(Cl)c(N2CCCS2(=O)=O)c1. The van der Waals surface area contributed by atoms with Gasteiger partial charge in [-0.15, -0.1) is 0 Å². The second-order valence-electron chi connectivity index (χ2n) is 5.54. The summed E-state index contributed by atoms with van der Waals surface area (Å²) in [5.74, 6) is 0.678. The minimum absolute atomic E-state index is 0.114. The molecule has 1 aromatic carbocycles. The van der Waals surface area contributed by atoms with E-state index in [2.05, 4.69) is 5.32 Å². The van der Waals surface area contributed by atoms with E-state index in [0.29, 0.717) is 35.8 Å². The lowest BCUT2D eigenvalue weighted by molar-refractivity contribution is -0.116. The van der Waals surface area contributed by atoms with Crippen LogP contribution in [0, 0.1) is 0 Å². The molecule has 0 atom stereocenters. The Kier molecular flexibility index (Phi) is 4.82. The van der Waals surface area contributed by atoms with Crippen molar-refractivity contribution < 1.29 is 17.6 Å². The van der Waals surface area contributed by atoms with Crippen LogP contribution in [0.2, 0.25) is 5.02 Å². The van der Waals surface area contributed by atoms with Crippen molar-refractivity contribution in [2.75, 3.05) is 21.9 Å². The van der Waals surface area contributed by atoms with Gasteiger partial charge >= 0.3 is 0 Å². The third kappa shape index (κ3) is 3.73. The fourth-order valence-corrected chi connectivity index (χ4v) is 4.45. The largest absolute Gasteiger partial charge is 0.469 e. The van der Waals surface area contributed by atoms with Gasteiger partial charge in [0.2, 0.25) is 15.9 Å². The smallest absolute Gasteiger partial charge is 0.235 e. The van der Waals surface area contributed by atoms with Gasteiger partial charge in [-0.25, -0.2) is 8.42 Å². The molecule has 0 saturated carbocycles. The quantitative estimate of drug-likeness (QED) is 0.879. The molecule has 0 radical (unpaired) electrons. The zero-order valence-electron chi connectivity index (χ0n) is 12.9. The Bertz CT molecular complexity index is 834. The number of furan rings is 1. The van der Waals surface area contributed by atoms with Crippen LogP contribution in [-0.4, -0.2) is 26.6 Å². The predicted octanol–water partition coefficient (Wildman–Crippen LogP) is 3.04. The van der Waals surface area contributed by atoms with Crippen LogP contribution in [0.1, 0.15) is 18.6 Å². The fourth-order valence-electron chi connectivity index (χ4n) is 2.61. The molecular weight excluding hydrogens is 352 g/mol. The first-order valence-corrected chi connectivity index (χ1v) is 9.56. The molecule has 128 valence electrons. The van der Waals surface area contributed by atoms with E-state index < -0.39 is 10.0 Å². The number of nitrogens with zero attached hydrogens (tertiary/aromatic N) is 1. The summed E-state index contributed by atoms with van der Waals surface area (Å²) in [6, 6.07) is 8.42. The van der Waals surface area contributed by atoms with Gasteiger partial charge in [0, 0.05) is 25.1 Å².